The zero-order chi connectivity index (χ0) is 18.0. The van der Waals surface area contributed by atoms with Gasteiger partial charge in [0.25, 0.3) is 5.56 Å². The summed E-state index contributed by atoms with van der Waals surface area (Å²) >= 11 is 10.3. The maximum absolute atomic E-state index is 12.5. The zero-order valence-electron chi connectivity index (χ0n) is 12.7. The Morgan fingerprint density at radius 3 is 2.48 bits per heavy atom. The van der Waals surface area contributed by atoms with E-state index in [9.17, 15) is 9.00 Å². The summed E-state index contributed by atoms with van der Waals surface area (Å²) in [5.74, 6) is 0.0443. The van der Waals surface area contributed by atoms with Gasteiger partial charge in [-0.05, 0) is 29.3 Å². The Bertz CT molecular complexity index is 1000. The number of nitrogens with zero attached hydrogens (tertiary/aromatic N) is 2. The maximum atomic E-state index is 12.5. The number of benzene rings is 2. The minimum absolute atomic E-state index is 0.0356. The normalized spacial score (nSPS) is 12.1. The van der Waals surface area contributed by atoms with Gasteiger partial charge in [0.15, 0.2) is 11.1 Å². The third-order valence-corrected chi connectivity index (χ3v) is 4.71. The highest BCUT2D eigenvalue weighted by molar-refractivity contribution is 7.78. The molecule has 3 aromatic rings. The van der Waals surface area contributed by atoms with Crippen molar-refractivity contribution in [2.75, 3.05) is 0 Å². The zero-order valence-corrected chi connectivity index (χ0v) is 15.1. The highest BCUT2D eigenvalue weighted by Gasteiger charge is 2.12. The lowest BCUT2D eigenvalue weighted by molar-refractivity contribution is 0.563. The second-order valence-electron chi connectivity index (χ2n) is 5.23. The van der Waals surface area contributed by atoms with Gasteiger partial charge in [0.2, 0.25) is 0 Å². The third kappa shape index (κ3) is 3.99. The van der Waals surface area contributed by atoms with Crippen molar-refractivity contribution in [3.63, 3.8) is 0 Å². The van der Waals surface area contributed by atoms with E-state index in [1.807, 2.05) is 0 Å². The Balaban J connectivity index is 2.00. The maximum Gasteiger partial charge on any atom is 0.290 e. The van der Waals surface area contributed by atoms with Crippen LogP contribution in [-0.2, 0) is 16.8 Å². The van der Waals surface area contributed by atoms with Crippen LogP contribution in [0.25, 0.3) is 16.8 Å². The molecule has 128 valence electrons. The topological polar surface area (TPSA) is 72.2 Å². The molecule has 0 saturated heterocycles. The molecule has 5 nitrogen and oxygen atoms in total. The first-order valence-corrected chi connectivity index (χ1v) is 9.19. The number of rotatable bonds is 4. The molecule has 0 aliphatic heterocycles. The molecule has 0 aliphatic carbocycles. The van der Waals surface area contributed by atoms with Crippen molar-refractivity contribution in [2.45, 2.75) is 5.75 Å². The van der Waals surface area contributed by atoms with E-state index in [1.54, 1.807) is 48.5 Å². The number of hydrogen-bond donors (Lipinski definition) is 1. The second kappa shape index (κ2) is 7.49. The molecule has 0 spiro atoms. The summed E-state index contributed by atoms with van der Waals surface area (Å²) in [4.78, 5) is 12.5. The van der Waals surface area contributed by atoms with Gasteiger partial charge in [0.1, 0.15) is 5.02 Å². The van der Waals surface area contributed by atoms with Gasteiger partial charge >= 0.3 is 0 Å². The summed E-state index contributed by atoms with van der Waals surface area (Å²) in [6.07, 6.45) is 1.50. The number of halogens is 2. The largest absolute Gasteiger partial charge is 0.306 e. The Morgan fingerprint density at radius 1 is 1.12 bits per heavy atom. The minimum atomic E-state index is -1.90. The van der Waals surface area contributed by atoms with Crippen LogP contribution in [0.2, 0.25) is 10.0 Å². The summed E-state index contributed by atoms with van der Waals surface area (Å²) in [5.41, 5.74) is 1.96. The Kier molecular flexibility index (Phi) is 5.34. The predicted octanol–water partition coefficient (Wildman–Crippen LogP) is 3.93. The van der Waals surface area contributed by atoms with Crippen LogP contribution in [0.1, 0.15) is 5.56 Å². The second-order valence-corrected chi connectivity index (χ2v) is 6.98. The molecule has 1 heterocycles. The third-order valence-electron chi connectivity index (χ3n) is 3.53. The minimum Gasteiger partial charge on any atom is -0.306 e. The van der Waals surface area contributed by atoms with Crippen molar-refractivity contribution in [1.29, 1.82) is 0 Å². The van der Waals surface area contributed by atoms with Gasteiger partial charge in [-0.2, -0.15) is 9.78 Å². The van der Waals surface area contributed by atoms with E-state index < -0.39 is 16.6 Å². The Morgan fingerprint density at radius 2 is 1.84 bits per heavy atom. The van der Waals surface area contributed by atoms with Gasteiger partial charge in [0, 0.05) is 10.6 Å². The lowest BCUT2D eigenvalue weighted by Crippen LogP contribution is -2.21. The van der Waals surface area contributed by atoms with Gasteiger partial charge in [-0.3, -0.25) is 4.79 Å². The first-order chi connectivity index (χ1) is 12.0. The van der Waals surface area contributed by atoms with Crippen LogP contribution in [-0.4, -0.2) is 18.5 Å². The van der Waals surface area contributed by atoms with E-state index in [-0.39, 0.29) is 10.8 Å². The van der Waals surface area contributed by atoms with Gasteiger partial charge < -0.3 is 4.55 Å². The molecule has 1 N–H and O–H groups in total. The number of aromatic nitrogens is 2. The molecule has 25 heavy (non-hydrogen) atoms. The molecule has 0 aliphatic rings. The molecule has 1 atom stereocenters. The highest BCUT2D eigenvalue weighted by Crippen LogP contribution is 2.25. The molecule has 0 amide bonds. The summed E-state index contributed by atoms with van der Waals surface area (Å²) in [6, 6.07) is 13.6. The van der Waals surface area contributed by atoms with Crippen molar-refractivity contribution >= 4 is 34.3 Å². The fourth-order valence-electron chi connectivity index (χ4n) is 2.35. The predicted molar refractivity (Wildman–Crippen MR) is 99.8 cm³/mol. The molecule has 0 bridgehead atoms. The molecule has 2 aromatic carbocycles. The Hall–Kier alpha value is -1.99. The summed E-state index contributed by atoms with van der Waals surface area (Å²) in [6.45, 7) is 0. The van der Waals surface area contributed by atoms with Crippen molar-refractivity contribution in [1.82, 2.24) is 9.78 Å². The van der Waals surface area contributed by atoms with Crippen LogP contribution in [0.4, 0.5) is 0 Å². The van der Waals surface area contributed by atoms with E-state index in [1.165, 1.54) is 10.9 Å². The molecule has 0 saturated carbocycles. The standard InChI is InChI=1S/C17H12Cl2N2O3S/c18-13-2-1-3-14(8-13)21-17(22)16(19)15(9-20-21)12-6-4-11(5-7-12)10-25(23)24/h1-9H,10H2,(H,23,24). The van der Waals surface area contributed by atoms with E-state index in [2.05, 4.69) is 5.10 Å². The Labute approximate surface area is 156 Å². The molecule has 1 unspecified atom stereocenters. The van der Waals surface area contributed by atoms with Gasteiger partial charge in [-0.1, -0.05) is 53.5 Å². The van der Waals surface area contributed by atoms with Crippen LogP contribution < -0.4 is 5.56 Å². The van der Waals surface area contributed by atoms with Gasteiger partial charge in [0.05, 0.1) is 17.6 Å². The smallest absolute Gasteiger partial charge is 0.290 e. The molecule has 0 radical (unpaired) electrons. The lowest BCUT2D eigenvalue weighted by atomic mass is 10.1. The van der Waals surface area contributed by atoms with E-state index in [0.717, 1.165) is 0 Å². The molecule has 0 fully saturated rings. The summed E-state index contributed by atoms with van der Waals surface area (Å²) in [7, 11) is 0. The summed E-state index contributed by atoms with van der Waals surface area (Å²) in [5, 5.41) is 4.69. The lowest BCUT2D eigenvalue weighted by Gasteiger charge is -2.09. The fourth-order valence-corrected chi connectivity index (χ4v) is 3.25. The summed E-state index contributed by atoms with van der Waals surface area (Å²) < 4.78 is 20.9. The van der Waals surface area contributed by atoms with Gasteiger partial charge in [-0.15, -0.1) is 0 Å². The molecule has 8 heteroatoms. The van der Waals surface area contributed by atoms with Crippen molar-refractivity contribution < 1.29 is 8.76 Å². The van der Waals surface area contributed by atoms with Crippen LogP contribution >= 0.6 is 23.2 Å². The first kappa shape index (κ1) is 17.8. The van der Waals surface area contributed by atoms with Crippen LogP contribution in [0.5, 0.6) is 0 Å². The van der Waals surface area contributed by atoms with Crippen LogP contribution in [0.3, 0.4) is 0 Å². The SMILES string of the molecule is O=c1c(Cl)c(-c2ccc(CS(=O)O)cc2)cnn1-c1cccc(Cl)c1. The quantitative estimate of drug-likeness (QED) is 0.680. The van der Waals surface area contributed by atoms with E-state index in [4.69, 9.17) is 27.8 Å². The average Bonchev–Trinajstić information content (AvgIpc) is 2.58. The molecular formula is C17H12Cl2N2O3S. The fraction of sp³-hybridized carbons (Fsp3) is 0.0588. The molecule has 1 aromatic heterocycles. The number of hydrogen-bond acceptors (Lipinski definition) is 3. The van der Waals surface area contributed by atoms with Crippen LogP contribution in [0.15, 0.2) is 59.5 Å². The van der Waals surface area contributed by atoms with Gasteiger partial charge in [-0.25, -0.2) is 4.21 Å². The average molecular weight is 395 g/mol. The van der Waals surface area contributed by atoms with E-state index in [0.29, 0.717) is 27.4 Å². The highest BCUT2D eigenvalue weighted by atomic mass is 35.5. The molecular weight excluding hydrogens is 383 g/mol. The van der Waals surface area contributed by atoms with Crippen molar-refractivity contribution in [3.8, 4) is 16.8 Å². The van der Waals surface area contributed by atoms with Crippen molar-refractivity contribution in [3.05, 3.63) is 80.7 Å². The van der Waals surface area contributed by atoms with E-state index >= 15 is 0 Å². The monoisotopic (exact) mass is 394 g/mol. The molecule has 3 rings (SSSR count). The first-order valence-electron chi connectivity index (χ1n) is 7.16. The van der Waals surface area contributed by atoms with Crippen molar-refractivity contribution in [2.24, 2.45) is 0 Å². The van der Waals surface area contributed by atoms with Crippen LogP contribution in [0, 0.1) is 0 Å².